The fourth-order valence-electron chi connectivity index (χ4n) is 0.712. The summed E-state index contributed by atoms with van der Waals surface area (Å²) >= 11 is 0. The van der Waals surface area contributed by atoms with E-state index in [9.17, 15) is 4.79 Å². The number of allylic oxidation sites excluding steroid dienone is 2. The van der Waals surface area contributed by atoms with Crippen LogP contribution >= 0.6 is 0 Å². The molecule has 0 saturated heterocycles. The Hall–Kier alpha value is -0.790. The molecule has 0 fully saturated rings. The standard InChI is InChI=1S/C8H14O2/c1-6(2)4-8(10)5-7(3)9/h5-6,10H,4H2,1-3H3/b8-5+. The van der Waals surface area contributed by atoms with Gasteiger partial charge in [0, 0.05) is 12.5 Å². The lowest BCUT2D eigenvalue weighted by Crippen LogP contribution is -1.93. The third kappa shape index (κ3) is 5.35. The van der Waals surface area contributed by atoms with Gasteiger partial charge in [-0.15, -0.1) is 0 Å². The summed E-state index contributed by atoms with van der Waals surface area (Å²) in [6.45, 7) is 5.41. The Morgan fingerprint density at radius 2 is 2.10 bits per heavy atom. The molecule has 0 amide bonds. The van der Waals surface area contributed by atoms with E-state index in [4.69, 9.17) is 5.11 Å². The van der Waals surface area contributed by atoms with Crippen LogP contribution in [0.5, 0.6) is 0 Å². The van der Waals surface area contributed by atoms with Crippen LogP contribution in [0.3, 0.4) is 0 Å². The zero-order valence-electron chi connectivity index (χ0n) is 6.72. The van der Waals surface area contributed by atoms with E-state index in [-0.39, 0.29) is 11.5 Å². The molecule has 2 heteroatoms. The molecule has 0 aliphatic carbocycles. The Kier molecular flexibility index (Phi) is 3.77. The van der Waals surface area contributed by atoms with Crippen molar-refractivity contribution in [2.24, 2.45) is 5.92 Å². The van der Waals surface area contributed by atoms with E-state index in [0.717, 1.165) is 0 Å². The molecule has 0 rings (SSSR count). The molecule has 0 aromatic heterocycles. The van der Waals surface area contributed by atoms with E-state index in [2.05, 4.69) is 0 Å². The normalized spacial score (nSPS) is 12.2. The molecule has 0 saturated carbocycles. The molecule has 0 spiro atoms. The van der Waals surface area contributed by atoms with E-state index in [1.54, 1.807) is 0 Å². The fraction of sp³-hybridized carbons (Fsp3) is 0.625. The summed E-state index contributed by atoms with van der Waals surface area (Å²) in [4.78, 5) is 10.4. The number of hydrogen-bond donors (Lipinski definition) is 1. The largest absolute Gasteiger partial charge is 0.512 e. The molecule has 2 nitrogen and oxygen atoms in total. The summed E-state index contributed by atoms with van der Waals surface area (Å²) in [5, 5.41) is 9.03. The lowest BCUT2D eigenvalue weighted by atomic mass is 10.1. The molecule has 10 heavy (non-hydrogen) atoms. The first-order valence-electron chi connectivity index (χ1n) is 3.42. The highest BCUT2D eigenvalue weighted by Gasteiger charge is 1.98. The van der Waals surface area contributed by atoms with Crippen LogP contribution in [0.2, 0.25) is 0 Å². The molecule has 0 aliphatic rings. The van der Waals surface area contributed by atoms with E-state index in [1.165, 1.54) is 13.0 Å². The van der Waals surface area contributed by atoms with Gasteiger partial charge in [0.1, 0.15) is 0 Å². The van der Waals surface area contributed by atoms with Crippen molar-refractivity contribution in [1.82, 2.24) is 0 Å². The molecule has 0 unspecified atom stereocenters. The van der Waals surface area contributed by atoms with Gasteiger partial charge in [0.2, 0.25) is 0 Å². The van der Waals surface area contributed by atoms with E-state index in [0.29, 0.717) is 12.3 Å². The number of carbonyl (C=O) groups is 1. The first-order valence-corrected chi connectivity index (χ1v) is 3.42. The van der Waals surface area contributed by atoms with Gasteiger partial charge in [0.15, 0.2) is 5.78 Å². The second-order valence-electron chi connectivity index (χ2n) is 2.84. The minimum Gasteiger partial charge on any atom is -0.512 e. The molecular weight excluding hydrogens is 128 g/mol. The molecule has 0 heterocycles. The van der Waals surface area contributed by atoms with Gasteiger partial charge in [-0.1, -0.05) is 13.8 Å². The summed E-state index contributed by atoms with van der Waals surface area (Å²) in [7, 11) is 0. The van der Waals surface area contributed by atoms with Crippen molar-refractivity contribution in [3.63, 3.8) is 0 Å². The summed E-state index contributed by atoms with van der Waals surface area (Å²) in [5.41, 5.74) is 0. The summed E-state index contributed by atoms with van der Waals surface area (Å²) in [5.74, 6) is 0.483. The monoisotopic (exact) mass is 142 g/mol. The Balaban J connectivity index is 3.83. The minimum atomic E-state index is -0.0989. The highest BCUT2D eigenvalue weighted by Crippen LogP contribution is 2.06. The number of hydrogen-bond acceptors (Lipinski definition) is 2. The average molecular weight is 142 g/mol. The van der Waals surface area contributed by atoms with Gasteiger partial charge < -0.3 is 5.11 Å². The van der Waals surface area contributed by atoms with Crippen LogP contribution in [0.25, 0.3) is 0 Å². The maximum atomic E-state index is 10.4. The second-order valence-corrected chi connectivity index (χ2v) is 2.84. The molecule has 0 radical (unpaired) electrons. The van der Waals surface area contributed by atoms with E-state index in [1.807, 2.05) is 13.8 Å². The molecule has 0 aromatic rings. The Morgan fingerprint density at radius 3 is 2.40 bits per heavy atom. The highest BCUT2D eigenvalue weighted by molar-refractivity contribution is 5.87. The maximum Gasteiger partial charge on any atom is 0.155 e. The lowest BCUT2D eigenvalue weighted by Gasteiger charge is -2.01. The van der Waals surface area contributed by atoms with Gasteiger partial charge in [0.25, 0.3) is 0 Å². The van der Waals surface area contributed by atoms with Crippen LogP contribution in [-0.2, 0) is 4.79 Å². The highest BCUT2D eigenvalue weighted by atomic mass is 16.3. The minimum absolute atomic E-state index is 0.0989. The van der Waals surface area contributed by atoms with Gasteiger partial charge in [0.05, 0.1) is 5.76 Å². The van der Waals surface area contributed by atoms with Crippen LogP contribution in [0.4, 0.5) is 0 Å². The molecule has 1 N–H and O–H groups in total. The van der Waals surface area contributed by atoms with Gasteiger partial charge >= 0.3 is 0 Å². The van der Waals surface area contributed by atoms with Gasteiger partial charge in [-0.25, -0.2) is 0 Å². The summed E-state index contributed by atoms with van der Waals surface area (Å²) in [6, 6.07) is 0. The molecule has 58 valence electrons. The Bertz CT molecular complexity index is 145. The number of aliphatic hydroxyl groups is 1. The first kappa shape index (κ1) is 9.21. The van der Waals surface area contributed by atoms with Crippen LogP contribution in [0.1, 0.15) is 27.2 Å². The maximum absolute atomic E-state index is 10.4. The SMILES string of the molecule is CC(=O)/C=C(/O)CC(C)C. The van der Waals surface area contributed by atoms with Crippen molar-refractivity contribution in [1.29, 1.82) is 0 Å². The third-order valence-corrected chi connectivity index (χ3v) is 0.987. The topological polar surface area (TPSA) is 37.3 Å². The molecule has 0 bridgehead atoms. The summed E-state index contributed by atoms with van der Waals surface area (Å²) < 4.78 is 0. The molecule has 0 aliphatic heterocycles. The molecule has 0 atom stereocenters. The number of carbonyl (C=O) groups excluding carboxylic acids is 1. The van der Waals surface area contributed by atoms with E-state index < -0.39 is 0 Å². The third-order valence-electron chi connectivity index (χ3n) is 0.987. The van der Waals surface area contributed by atoms with Crippen LogP contribution in [0.15, 0.2) is 11.8 Å². The van der Waals surface area contributed by atoms with Crippen molar-refractivity contribution in [2.75, 3.05) is 0 Å². The van der Waals surface area contributed by atoms with Crippen molar-refractivity contribution in [3.05, 3.63) is 11.8 Å². The van der Waals surface area contributed by atoms with Gasteiger partial charge in [-0.3, -0.25) is 4.79 Å². The number of rotatable bonds is 3. The predicted octanol–water partition coefficient (Wildman–Crippen LogP) is 2.06. The predicted molar refractivity (Wildman–Crippen MR) is 40.8 cm³/mol. The van der Waals surface area contributed by atoms with Crippen molar-refractivity contribution < 1.29 is 9.90 Å². The smallest absolute Gasteiger partial charge is 0.155 e. The van der Waals surface area contributed by atoms with Crippen LogP contribution in [0, 0.1) is 5.92 Å². The first-order chi connectivity index (χ1) is 4.52. The van der Waals surface area contributed by atoms with Crippen molar-refractivity contribution in [2.45, 2.75) is 27.2 Å². The van der Waals surface area contributed by atoms with E-state index >= 15 is 0 Å². The number of ketones is 1. The molecular formula is C8H14O2. The van der Waals surface area contributed by atoms with Crippen molar-refractivity contribution >= 4 is 5.78 Å². The van der Waals surface area contributed by atoms with Crippen molar-refractivity contribution in [3.8, 4) is 0 Å². The Morgan fingerprint density at radius 1 is 1.60 bits per heavy atom. The van der Waals surface area contributed by atoms with Gasteiger partial charge in [-0.05, 0) is 12.8 Å². The zero-order chi connectivity index (χ0) is 8.15. The van der Waals surface area contributed by atoms with Gasteiger partial charge in [-0.2, -0.15) is 0 Å². The fourth-order valence-corrected chi connectivity index (χ4v) is 0.712. The number of aliphatic hydroxyl groups excluding tert-OH is 1. The summed E-state index contributed by atoms with van der Waals surface area (Å²) in [6.07, 6.45) is 1.85. The van der Waals surface area contributed by atoms with Crippen LogP contribution < -0.4 is 0 Å². The zero-order valence-corrected chi connectivity index (χ0v) is 6.72. The quantitative estimate of drug-likeness (QED) is 0.483. The Labute approximate surface area is 61.6 Å². The average Bonchev–Trinajstić information content (AvgIpc) is 1.58. The lowest BCUT2D eigenvalue weighted by molar-refractivity contribution is -0.112. The molecule has 0 aromatic carbocycles. The second kappa shape index (κ2) is 4.09. The van der Waals surface area contributed by atoms with Crippen LogP contribution in [-0.4, -0.2) is 10.9 Å².